The SMILES string of the molecule is Cc1cnc(C)n1C1CCN(C(=O)c2cccs2)C1. The number of nitrogens with zero attached hydrogens (tertiary/aromatic N) is 3. The first-order chi connectivity index (χ1) is 9.16. The van der Waals surface area contributed by atoms with Gasteiger partial charge < -0.3 is 9.47 Å². The molecule has 1 fully saturated rings. The summed E-state index contributed by atoms with van der Waals surface area (Å²) in [6, 6.07) is 4.19. The second-order valence-corrected chi connectivity index (χ2v) is 5.94. The number of carbonyl (C=O) groups excluding carboxylic acids is 1. The zero-order chi connectivity index (χ0) is 13.4. The Kier molecular flexibility index (Phi) is 3.14. The van der Waals surface area contributed by atoms with Crippen molar-refractivity contribution in [1.82, 2.24) is 14.5 Å². The number of hydrogen-bond donors (Lipinski definition) is 0. The van der Waals surface area contributed by atoms with Crippen LogP contribution >= 0.6 is 11.3 Å². The van der Waals surface area contributed by atoms with E-state index in [0.717, 1.165) is 30.2 Å². The number of amides is 1. The summed E-state index contributed by atoms with van der Waals surface area (Å²) in [6.07, 6.45) is 2.91. The van der Waals surface area contributed by atoms with Gasteiger partial charge in [-0.2, -0.15) is 0 Å². The molecular formula is C14H17N3OS. The first kappa shape index (κ1) is 12.4. The van der Waals surface area contributed by atoms with Crippen LogP contribution in [0.25, 0.3) is 0 Å². The molecule has 0 aliphatic carbocycles. The van der Waals surface area contributed by atoms with E-state index in [1.807, 2.05) is 35.5 Å². The van der Waals surface area contributed by atoms with E-state index >= 15 is 0 Å². The van der Waals surface area contributed by atoms with E-state index in [0.29, 0.717) is 6.04 Å². The number of likely N-dealkylation sites (tertiary alicyclic amines) is 1. The molecule has 3 rings (SSSR count). The minimum Gasteiger partial charge on any atom is -0.336 e. The molecule has 1 atom stereocenters. The summed E-state index contributed by atoms with van der Waals surface area (Å²) in [4.78, 5) is 19.4. The van der Waals surface area contributed by atoms with Gasteiger partial charge in [-0.15, -0.1) is 11.3 Å². The Labute approximate surface area is 116 Å². The van der Waals surface area contributed by atoms with Crippen molar-refractivity contribution in [2.24, 2.45) is 0 Å². The number of hydrogen-bond acceptors (Lipinski definition) is 3. The van der Waals surface area contributed by atoms with E-state index in [1.54, 1.807) is 0 Å². The molecule has 0 spiro atoms. The molecule has 0 aromatic carbocycles. The summed E-state index contributed by atoms with van der Waals surface area (Å²) in [7, 11) is 0. The average Bonchev–Trinajstić information content (AvgIpc) is 3.10. The zero-order valence-corrected chi connectivity index (χ0v) is 12.0. The predicted octanol–water partition coefficient (Wildman–Crippen LogP) is 2.65. The van der Waals surface area contributed by atoms with Gasteiger partial charge in [0.15, 0.2) is 0 Å². The highest BCUT2D eigenvalue weighted by Gasteiger charge is 2.29. The predicted molar refractivity (Wildman–Crippen MR) is 75.6 cm³/mol. The van der Waals surface area contributed by atoms with E-state index in [4.69, 9.17) is 0 Å². The van der Waals surface area contributed by atoms with E-state index in [-0.39, 0.29) is 5.91 Å². The molecular weight excluding hydrogens is 258 g/mol. The van der Waals surface area contributed by atoms with Gasteiger partial charge in [0.05, 0.1) is 10.9 Å². The standard InChI is InChI=1S/C14H17N3OS/c1-10-8-15-11(2)17(10)12-5-6-16(9-12)14(18)13-4-3-7-19-13/h3-4,7-8,12H,5-6,9H2,1-2H3. The van der Waals surface area contributed by atoms with Gasteiger partial charge in [0.1, 0.15) is 5.82 Å². The molecule has 0 radical (unpaired) electrons. The Morgan fingerprint density at radius 3 is 2.95 bits per heavy atom. The van der Waals surface area contributed by atoms with Crippen molar-refractivity contribution in [2.75, 3.05) is 13.1 Å². The minimum atomic E-state index is 0.160. The first-order valence-corrected chi connectivity index (χ1v) is 7.38. The molecule has 2 aromatic rings. The summed E-state index contributed by atoms with van der Waals surface area (Å²) in [5, 5.41) is 1.95. The van der Waals surface area contributed by atoms with Crippen LogP contribution in [0.1, 0.15) is 33.7 Å². The lowest BCUT2D eigenvalue weighted by Gasteiger charge is -2.18. The molecule has 1 saturated heterocycles. The highest BCUT2D eigenvalue weighted by atomic mass is 32.1. The fraction of sp³-hybridized carbons (Fsp3) is 0.429. The number of carbonyl (C=O) groups is 1. The summed E-state index contributed by atoms with van der Waals surface area (Å²) in [6.45, 7) is 5.72. The Balaban J connectivity index is 1.76. The van der Waals surface area contributed by atoms with Crippen molar-refractivity contribution >= 4 is 17.2 Å². The monoisotopic (exact) mass is 275 g/mol. The van der Waals surface area contributed by atoms with E-state index in [2.05, 4.69) is 16.5 Å². The van der Waals surface area contributed by atoms with E-state index < -0.39 is 0 Å². The van der Waals surface area contributed by atoms with Gasteiger partial charge in [-0.1, -0.05) is 6.07 Å². The highest BCUT2D eigenvalue weighted by molar-refractivity contribution is 7.12. The second-order valence-electron chi connectivity index (χ2n) is 4.99. The summed E-state index contributed by atoms with van der Waals surface area (Å²) >= 11 is 1.51. The maximum atomic E-state index is 12.3. The van der Waals surface area contributed by atoms with Crippen molar-refractivity contribution in [3.63, 3.8) is 0 Å². The lowest BCUT2D eigenvalue weighted by molar-refractivity contribution is 0.0792. The molecule has 1 amide bonds. The molecule has 1 unspecified atom stereocenters. The van der Waals surface area contributed by atoms with Crippen LogP contribution in [-0.2, 0) is 0 Å². The molecule has 3 heterocycles. The lowest BCUT2D eigenvalue weighted by atomic mass is 10.2. The number of aryl methyl sites for hydroxylation is 2. The van der Waals surface area contributed by atoms with Crippen molar-refractivity contribution < 1.29 is 4.79 Å². The quantitative estimate of drug-likeness (QED) is 0.845. The first-order valence-electron chi connectivity index (χ1n) is 6.50. The van der Waals surface area contributed by atoms with Gasteiger partial charge in [0.25, 0.3) is 5.91 Å². The van der Waals surface area contributed by atoms with Gasteiger partial charge in [0, 0.05) is 25.0 Å². The van der Waals surface area contributed by atoms with Crippen LogP contribution in [-0.4, -0.2) is 33.4 Å². The third-order valence-electron chi connectivity index (χ3n) is 3.71. The van der Waals surface area contributed by atoms with Crippen LogP contribution in [0.15, 0.2) is 23.7 Å². The molecule has 0 N–H and O–H groups in total. The van der Waals surface area contributed by atoms with E-state index in [1.165, 1.54) is 17.0 Å². The van der Waals surface area contributed by atoms with Crippen molar-refractivity contribution in [3.8, 4) is 0 Å². The van der Waals surface area contributed by atoms with Gasteiger partial charge in [-0.25, -0.2) is 4.98 Å². The second kappa shape index (κ2) is 4.81. The maximum Gasteiger partial charge on any atom is 0.263 e. The largest absolute Gasteiger partial charge is 0.336 e. The topological polar surface area (TPSA) is 38.1 Å². The molecule has 5 heteroatoms. The third kappa shape index (κ3) is 2.18. The fourth-order valence-corrected chi connectivity index (χ4v) is 3.50. The number of rotatable bonds is 2. The highest BCUT2D eigenvalue weighted by Crippen LogP contribution is 2.26. The molecule has 4 nitrogen and oxygen atoms in total. The van der Waals surface area contributed by atoms with Gasteiger partial charge in [-0.05, 0) is 31.7 Å². The van der Waals surface area contributed by atoms with Crippen molar-refractivity contribution in [3.05, 3.63) is 40.1 Å². The summed E-state index contributed by atoms with van der Waals surface area (Å²) < 4.78 is 2.25. The van der Waals surface area contributed by atoms with Crippen molar-refractivity contribution in [1.29, 1.82) is 0 Å². The van der Waals surface area contributed by atoms with Crippen LogP contribution in [0.4, 0.5) is 0 Å². The Bertz CT molecular complexity index is 568. The number of imidazole rings is 1. The average molecular weight is 275 g/mol. The lowest BCUT2D eigenvalue weighted by Crippen LogP contribution is -2.28. The molecule has 100 valence electrons. The molecule has 1 aliphatic heterocycles. The van der Waals surface area contributed by atoms with Crippen LogP contribution < -0.4 is 0 Å². The normalized spacial score (nSPS) is 19.1. The van der Waals surface area contributed by atoms with Crippen LogP contribution in [0.5, 0.6) is 0 Å². The van der Waals surface area contributed by atoms with Crippen LogP contribution in [0.2, 0.25) is 0 Å². The van der Waals surface area contributed by atoms with Gasteiger partial charge in [0.2, 0.25) is 0 Å². The van der Waals surface area contributed by atoms with Gasteiger partial charge >= 0.3 is 0 Å². The van der Waals surface area contributed by atoms with Gasteiger partial charge in [-0.3, -0.25) is 4.79 Å². The summed E-state index contributed by atoms with van der Waals surface area (Å²) in [5.74, 6) is 1.20. The molecule has 2 aromatic heterocycles. The molecule has 1 aliphatic rings. The Morgan fingerprint density at radius 1 is 1.47 bits per heavy atom. The maximum absolute atomic E-state index is 12.3. The fourth-order valence-electron chi connectivity index (χ4n) is 2.81. The number of aromatic nitrogens is 2. The Morgan fingerprint density at radius 2 is 2.32 bits per heavy atom. The van der Waals surface area contributed by atoms with E-state index in [9.17, 15) is 4.79 Å². The zero-order valence-electron chi connectivity index (χ0n) is 11.2. The number of thiophene rings is 1. The summed E-state index contributed by atoms with van der Waals surface area (Å²) in [5.41, 5.74) is 1.17. The smallest absolute Gasteiger partial charge is 0.263 e. The molecule has 0 saturated carbocycles. The Hall–Kier alpha value is -1.62. The van der Waals surface area contributed by atoms with Crippen molar-refractivity contribution in [2.45, 2.75) is 26.3 Å². The van der Waals surface area contributed by atoms with Crippen LogP contribution in [0.3, 0.4) is 0 Å². The minimum absolute atomic E-state index is 0.160. The molecule has 0 bridgehead atoms. The van der Waals surface area contributed by atoms with Crippen LogP contribution in [0, 0.1) is 13.8 Å². The third-order valence-corrected chi connectivity index (χ3v) is 4.57. The molecule has 19 heavy (non-hydrogen) atoms.